The number of carbonyl (C=O) groups excluding carboxylic acids is 1. The summed E-state index contributed by atoms with van der Waals surface area (Å²) in [4.78, 5) is 15.3. The van der Waals surface area contributed by atoms with Gasteiger partial charge in [-0.1, -0.05) is 30.3 Å². The molecule has 0 aliphatic rings. The summed E-state index contributed by atoms with van der Waals surface area (Å²) in [6.07, 6.45) is 0.760. The van der Waals surface area contributed by atoms with Crippen molar-refractivity contribution in [3.8, 4) is 11.8 Å². The van der Waals surface area contributed by atoms with Gasteiger partial charge >= 0.3 is 6.16 Å². The normalized spacial score (nSPS) is 10.1. The van der Waals surface area contributed by atoms with Crippen molar-refractivity contribution in [2.45, 2.75) is 13.5 Å². The van der Waals surface area contributed by atoms with E-state index in [1.165, 1.54) is 7.11 Å². The molecule has 20 heavy (non-hydrogen) atoms. The quantitative estimate of drug-likeness (QED) is 0.785. The molecule has 0 spiro atoms. The number of rotatable bonds is 5. The number of imidazole rings is 1. The highest BCUT2D eigenvalue weighted by atomic mass is 16.7. The molecule has 1 aromatic carbocycles. The van der Waals surface area contributed by atoms with E-state index in [0.717, 1.165) is 5.56 Å². The fourth-order valence-electron chi connectivity index (χ4n) is 1.75. The number of benzene rings is 1. The monoisotopic (exact) mass is 276 g/mol. The molecule has 0 bridgehead atoms. The number of nitrogens with zero attached hydrogens (tertiary/aromatic N) is 2. The minimum absolute atomic E-state index is 0.0990. The van der Waals surface area contributed by atoms with Crippen LogP contribution < -0.4 is 9.47 Å². The number of aromatic nitrogens is 2. The van der Waals surface area contributed by atoms with E-state index in [9.17, 15) is 4.79 Å². The summed E-state index contributed by atoms with van der Waals surface area (Å²) in [5, 5.41) is 0. The number of ether oxygens (including phenoxy) is 3. The molecular weight excluding hydrogens is 260 g/mol. The van der Waals surface area contributed by atoms with Crippen molar-refractivity contribution >= 4 is 6.16 Å². The molecule has 0 amide bonds. The van der Waals surface area contributed by atoms with Gasteiger partial charge in [-0.25, -0.2) is 4.79 Å². The summed E-state index contributed by atoms with van der Waals surface area (Å²) in [6.45, 7) is 2.52. The third-order valence-electron chi connectivity index (χ3n) is 2.59. The molecule has 0 aliphatic carbocycles. The minimum Gasteiger partial charge on any atom is -0.478 e. The second-order valence-corrected chi connectivity index (χ2v) is 3.96. The first-order chi connectivity index (χ1) is 9.74. The summed E-state index contributed by atoms with van der Waals surface area (Å²) in [5.41, 5.74) is 1.09. The molecule has 0 saturated heterocycles. The Hall–Kier alpha value is -2.50. The molecule has 0 radical (unpaired) electrons. The Morgan fingerprint density at radius 3 is 2.70 bits per heavy atom. The Bertz CT molecular complexity index is 566. The van der Waals surface area contributed by atoms with Gasteiger partial charge < -0.3 is 14.2 Å². The highest BCUT2D eigenvalue weighted by Crippen LogP contribution is 2.26. The number of carbonyl (C=O) groups is 1. The van der Waals surface area contributed by atoms with Crippen molar-refractivity contribution < 1.29 is 19.0 Å². The van der Waals surface area contributed by atoms with Gasteiger partial charge in [-0.05, 0) is 12.5 Å². The average Bonchev–Trinajstić information content (AvgIpc) is 2.82. The van der Waals surface area contributed by atoms with E-state index in [-0.39, 0.29) is 12.5 Å². The van der Waals surface area contributed by atoms with Crippen molar-refractivity contribution in [2.75, 3.05) is 13.7 Å². The van der Waals surface area contributed by atoms with Crippen LogP contribution in [0.4, 0.5) is 4.79 Å². The second kappa shape index (κ2) is 6.60. The largest absolute Gasteiger partial charge is 0.515 e. The van der Waals surface area contributed by atoms with Gasteiger partial charge in [-0.3, -0.25) is 4.57 Å². The van der Waals surface area contributed by atoms with Gasteiger partial charge in [0.25, 0.3) is 11.8 Å². The van der Waals surface area contributed by atoms with E-state index in [0.29, 0.717) is 12.4 Å². The summed E-state index contributed by atoms with van der Waals surface area (Å²) in [5.74, 6) is 0.476. The van der Waals surface area contributed by atoms with E-state index in [4.69, 9.17) is 14.2 Å². The van der Waals surface area contributed by atoms with Crippen LogP contribution in [0.3, 0.4) is 0 Å². The SMILES string of the molecule is CCOC(=O)Oc1ncn(Cc2ccccc2)c1OC. The van der Waals surface area contributed by atoms with Crippen molar-refractivity contribution in [2.24, 2.45) is 0 Å². The van der Waals surface area contributed by atoms with Crippen LogP contribution in [-0.4, -0.2) is 29.4 Å². The van der Waals surface area contributed by atoms with E-state index in [2.05, 4.69) is 4.98 Å². The van der Waals surface area contributed by atoms with Gasteiger partial charge in [0.2, 0.25) is 0 Å². The van der Waals surface area contributed by atoms with E-state index in [1.54, 1.807) is 17.8 Å². The number of hydrogen-bond donors (Lipinski definition) is 0. The zero-order chi connectivity index (χ0) is 14.4. The van der Waals surface area contributed by atoms with E-state index in [1.807, 2.05) is 30.3 Å². The van der Waals surface area contributed by atoms with Gasteiger partial charge in [-0.2, -0.15) is 4.98 Å². The topological polar surface area (TPSA) is 62.6 Å². The van der Waals surface area contributed by atoms with Crippen LogP contribution in [0.5, 0.6) is 11.8 Å². The van der Waals surface area contributed by atoms with Gasteiger partial charge in [0.1, 0.15) is 6.33 Å². The van der Waals surface area contributed by atoms with Crippen molar-refractivity contribution in [3.63, 3.8) is 0 Å². The highest BCUT2D eigenvalue weighted by molar-refractivity contribution is 5.63. The smallest absolute Gasteiger partial charge is 0.478 e. The lowest BCUT2D eigenvalue weighted by atomic mass is 10.2. The fourth-order valence-corrected chi connectivity index (χ4v) is 1.75. The molecule has 1 heterocycles. The Morgan fingerprint density at radius 1 is 1.30 bits per heavy atom. The van der Waals surface area contributed by atoms with Crippen molar-refractivity contribution in [1.29, 1.82) is 0 Å². The Kier molecular flexibility index (Phi) is 4.60. The lowest BCUT2D eigenvalue weighted by Crippen LogP contribution is -2.11. The molecular formula is C14H16N2O4. The third kappa shape index (κ3) is 3.28. The van der Waals surface area contributed by atoms with Crippen LogP contribution >= 0.6 is 0 Å². The summed E-state index contributed by atoms with van der Waals surface area (Å²) in [7, 11) is 1.50. The van der Waals surface area contributed by atoms with Crippen LogP contribution in [0.1, 0.15) is 12.5 Å². The standard InChI is InChI=1S/C14H16N2O4/c1-3-19-14(17)20-12-13(18-2)16(10-15-12)9-11-7-5-4-6-8-11/h4-8,10H,3,9H2,1-2H3. The lowest BCUT2D eigenvalue weighted by molar-refractivity contribution is 0.101. The maximum absolute atomic E-state index is 11.3. The second-order valence-electron chi connectivity index (χ2n) is 3.96. The molecule has 6 nitrogen and oxygen atoms in total. The lowest BCUT2D eigenvalue weighted by Gasteiger charge is -2.08. The Labute approximate surface area is 116 Å². The molecule has 0 aliphatic heterocycles. The number of hydrogen-bond acceptors (Lipinski definition) is 5. The zero-order valence-electron chi connectivity index (χ0n) is 11.4. The zero-order valence-corrected chi connectivity index (χ0v) is 11.4. The van der Waals surface area contributed by atoms with Crippen LogP contribution in [0.25, 0.3) is 0 Å². The Balaban J connectivity index is 2.15. The minimum atomic E-state index is -0.796. The molecule has 6 heteroatoms. The molecule has 0 N–H and O–H groups in total. The first-order valence-corrected chi connectivity index (χ1v) is 6.22. The maximum atomic E-state index is 11.3. The van der Waals surface area contributed by atoms with Gasteiger partial charge in [-0.15, -0.1) is 0 Å². The summed E-state index contributed by atoms with van der Waals surface area (Å²) in [6, 6.07) is 9.84. The predicted octanol–water partition coefficient (Wildman–Crippen LogP) is 2.48. The van der Waals surface area contributed by atoms with Crippen molar-refractivity contribution in [1.82, 2.24) is 9.55 Å². The predicted molar refractivity (Wildman–Crippen MR) is 72.0 cm³/mol. The molecule has 2 rings (SSSR count). The molecule has 0 saturated carbocycles. The van der Waals surface area contributed by atoms with Crippen LogP contribution in [0.15, 0.2) is 36.7 Å². The summed E-state index contributed by atoms with van der Waals surface area (Å²) >= 11 is 0. The molecule has 106 valence electrons. The fraction of sp³-hybridized carbons (Fsp3) is 0.286. The first-order valence-electron chi connectivity index (χ1n) is 6.22. The Morgan fingerprint density at radius 2 is 2.05 bits per heavy atom. The summed E-state index contributed by atoms with van der Waals surface area (Å²) < 4.78 is 16.7. The van der Waals surface area contributed by atoms with Crippen LogP contribution in [0, 0.1) is 0 Å². The van der Waals surface area contributed by atoms with Gasteiger partial charge in [0.05, 0.1) is 20.3 Å². The molecule has 2 aromatic rings. The average molecular weight is 276 g/mol. The molecule has 0 fully saturated rings. The van der Waals surface area contributed by atoms with E-state index >= 15 is 0 Å². The maximum Gasteiger partial charge on any atom is 0.515 e. The number of methoxy groups -OCH3 is 1. The van der Waals surface area contributed by atoms with Crippen molar-refractivity contribution in [3.05, 3.63) is 42.2 Å². The highest BCUT2D eigenvalue weighted by Gasteiger charge is 2.17. The van der Waals surface area contributed by atoms with Crippen LogP contribution in [-0.2, 0) is 11.3 Å². The van der Waals surface area contributed by atoms with E-state index < -0.39 is 6.16 Å². The molecule has 1 aromatic heterocycles. The van der Waals surface area contributed by atoms with Crippen LogP contribution in [0.2, 0.25) is 0 Å². The molecule has 0 unspecified atom stereocenters. The molecule has 0 atom stereocenters. The first kappa shape index (κ1) is 13.9. The van der Waals surface area contributed by atoms with Gasteiger partial charge in [0.15, 0.2) is 0 Å². The van der Waals surface area contributed by atoms with Gasteiger partial charge in [0, 0.05) is 0 Å². The third-order valence-corrected chi connectivity index (χ3v) is 2.59.